The van der Waals surface area contributed by atoms with Crippen LogP contribution < -0.4 is 0 Å². The average Bonchev–Trinajstić information content (AvgIpc) is 3.15. The topological polar surface area (TPSA) is 69.2 Å². The van der Waals surface area contributed by atoms with Crippen molar-refractivity contribution in [3.05, 3.63) is 53.3 Å². The minimum absolute atomic E-state index is 0.0886. The summed E-state index contributed by atoms with van der Waals surface area (Å²) in [5.41, 5.74) is 2.11. The highest BCUT2D eigenvalue weighted by molar-refractivity contribution is 5.77. The van der Waals surface area contributed by atoms with Gasteiger partial charge in [0.25, 0.3) is 0 Å². The number of β-amino-alcohol motifs (C(OH)–C–C–N with tert-alkyl or cyclic N) is 1. The van der Waals surface area contributed by atoms with E-state index < -0.39 is 5.60 Å². The van der Waals surface area contributed by atoms with Crippen LogP contribution in [0.5, 0.6) is 0 Å². The van der Waals surface area contributed by atoms with Crippen LogP contribution in [0.15, 0.2) is 36.7 Å². The van der Waals surface area contributed by atoms with Gasteiger partial charge in [-0.2, -0.15) is 5.10 Å². The summed E-state index contributed by atoms with van der Waals surface area (Å²) < 4.78 is 0. The Hall–Kier alpha value is -2.14. The lowest BCUT2D eigenvalue weighted by Crippen LogP contribution is -2.34. The molecule has 0 radical (unpaired) electrons. The van der Waals surface area contributed by atoms with Crippen LogP contribution in [0, 0.1) is 6.92 Å². The Morgan fingerprint density at radius 2 is 2.27 bits per heavy atom. The van der Waals surface area contributed by atoms with E-state index in [4.69, 9.17) is 0 Å². The predicted molar refractivity (Wildman–Crippen MR) is 83.2 cm³/mol. The molecule has 1 aromatic heterocycles. The summed E-state index contributed by atoms with van der Waals surface area (Å²) in [6, 6.07) is 7.85. The van der Waals surface area contributed by atoms with E-state index >= 15 is 0 Å². The molecule has 0 aliphatic carbocycles. The van der Waals surface area contributed by atoms with Crippen molar-refractivity contribution in [3.63, 3.8) is 0 Å². The van der Waals surface area contributed by atoms with E-state index in [2.05, 4.69) is 10.2 Å². The van der Waals surface area contributed by atoms with Crippen LogP contribution in [-0.2, 0) is 16.8 Å². The first-order valence-corrected chi connectivity index (χ1v) is 7.62. The van der Waals surface area contributed by atoms with Gasteiger partial charge in [0.1, 0.15) is 5.60 Å². The Balaban J connectivity index is 1.64. The summed E-state index contributed by atoms with van der Waals surface area (Å²) in [5, 5.41) is 17.5. The van der Waals surface area contributed by atoms with Crippen molar-refractivity contribution in [1.29, 1.82) is 0 Å². The number of carbonyl (C=O) groups excluding carboxylic acids is 1. The Labute approximate surface area is 130 Å². The van der Waals surface area contributed by atoms with Gasteiger partial charge in [0.15, 0.2) is 0 Å². The highest BCUT2D eigenvalue weighted by Gasteiger charge is 2.40. The standard InChI is InChI=1S/C17H21N3O2/c1-13-4-2-3-5-15(13)17(22)8-9-20(12-17)16(21)7-6-14-10-18-19-11-14/h2-5,10-11,22H,6-9,12H2,1H3,(H,18,19). The summed E-state index contributed by atoms with van der Waals surface area (Å²) in [6.45, 7) is 2.98. The lowest BCUT2D eigenvalue weighted by atomic mass is 9.89. The van der Waals surface area contributed by atoms with E-state index in [-0.39, 0.29) is 5.91 Å². The summed E-state index contributed by atoms with van der Waals surface area (Å²) >= 11 is 0. The number of nitrogens with zero attached hydrogens (tertiary/aromatic N) is 2. The van der Waals surface area contributed by atoms with Crippen molar-refractivity contribution in [2.45, 2.75) is 31.8 Å². The molecule has 3 rings (SSSR count). The van der Waals surface area contributed by atoms with E-state index in [1.54, 1.807) is 17.3 Å². The van der Waals surface area contributed by atoms with Gasteiger partial charge in [-0.15, -0.1) is 0 Å². The molecule has 1 fully saturated rings. The number of aromatic amines is 1. The number of carbonyl (C=O) groups is 1. The van der Waals surface area contributed by atoms with Gasteiger partial charge in [-0.05, 0) is 36.5 Å². The molecule has 1 aliphatic heterocycles. The van der Waals surface area contributed by atoms with Crippen LogP contribution in [0.4, 0.5) is 0 Å². The monoisotopic (exact) mass is 299 g/mol. The van der Waals surface area contributed by atoms with Crippen molar-refractivity contribution in [2.24, 2.45) is 0 Å². The van der Waals surface area contributed by atoms with Gasteiger partial charge in [0.2, 0.25) is 5.91 Å². The van der Waals surface area contributed by atoms with E-state index in [1.807, 2.05) is 31.2 Å². The second-order valence-corrected chi connectivity index (χ2v) is 6.02. The number of amides is 1. The normalized spacial score (nSPS) is 21.3. The predicted octanol–water partition coefficient (Wildman–Crippen LogP) is 1.77. The summed E-state index contributed by atoms with van der Waals surface area (Å²) in [5.74, 6) is 0.0886. The van der Waals surface area contributed by atoms with Crippen LogP contribution in [-0.4, -0.2) is 39.2 Å². The molecule has 1 atom stereocenters. The van der Waals surface area contributed by atoms with Gasteiger partial charge < -0.3 is 10.0 Å². The molecule has 116 valence electrons. The summed E-state index contributed by atoms with van der Waals surface area (Å²) in [7, 11) is 0. The molecular formula is C17H21N3O2. The van der Waals surface area contributed by atoms with Gasteiger partial charge in [0.05, 0.1) is 12.7 Å². The van der Waals surface area contributed by atoms with Gasteiger partial charge >= 0.3 is 0 Å². The Morgan fingerprint density at radius 1 is 1.45 bits per heavy atom. The van der Waals surface area contributed by atoms with Crippen molar-refractivity contribution in [1.82, 2.24) is 15.1 Å². The first-order chi connectivity index (χ1) is 10.6. The second kappa shape index (κ2) is 5.93. The van der Waals surface area contributed by atoms with Crippen LogP contribution in [0.25, 0.3) is 0 Å². The number of hydrogen-bond donors (Lipinski definition) is 2. The maximum Gasteiger partial charge on any atom is 0.223 e. The average molecular weight is 299 g/mol. The molecule has 1 saturated heterocycles. The molecule has 5 heteroatoms. The smallest absolute Gasteiger partial charge is 0.223 e. The third-order valence-electron chi connectivity index (χ3n) is 4.43. The van der Waals surface area contributed by atoms with E-state index in [1.165, 1.54) is 0 Å². The zero-order chi connectivity index (χ0) is 15.6. The molecule has 1 amide bonds. The maximum atomic E-state index is 12.3. The Morgan fingerprint density at radius 3 is 3.00 bits per heavy atom. The number of H-pyrrole nitrogens is 1. The van der Waals surface area contributed by atoms with Crippen molar-refractivity contribution >= 4 is 5.91 Å². The lowest BCUT2D eigenvalue weighted by molar-refractivity contribution is -0.131. The summed E-state index contributed by atoms with van der Waals surface area (Å²) in [4.78, 5) is 14.1. The molecule has 1 unspecified atom stereocenters. The zero-order valence-corrected chi connectivity index (χ0v) is 12.7. The highest BCUT2D eigenvalue weighted by Crippen LogP contribution is 2.34. The van der Waals surface area contributed by atoms with Crippen LogP contribution in [0.2, 0.25) is 0 Å². The van der Waals surface area contributed by atoms with Crippen LogP contribution >= 0.6 is 0 Å². The molecule has 0 saturated carbocycles. The van der Waals surface area contributed by atoms with E-state index in [0.29, 0.717) is 32.4 Å². The van der Waals surface area contributed by atoms with Crippen LogP contribution in [0.1, 0.15) is 29.5 Å². The molecule has 2 N–H and O–H groups in total. The van der Waals surface area contributed by atoms with Crippen LogP contribution in [0.3, 0.4) is 0 Å². The van der Waals surface area contributed by atoms with Gasteiger partial charge in [0, 0.05) is 19.2 Å². The number of rotatable bonds is 4. The van der Waals surface area contributed by atoms with Crippen molar-refractivity contribution in [3.8, 4) is 0 Å². The first-order valence-electron chi connectivity index (χ1n) is 7.62. The molecule has 22 heavy (non-hydrogen) atoms. The number of aryl methyl sites for hydroxylation is 2. The quantitative estimate of drug-likeness (QED) is 0.904. The third-order valence-corrected chi connectivity index (χ3v) is 4.43. The number of aromatic nitrogens is 2. The maximum absolute atomic E-state index is 12.3. The minimum atomic E-state index is -0.920. The fourth-order valence-electron chi connectivity index (χ4n) is 3.15. The molecule has 2 aromatic rings. The highest BCUT2D eigenvalue weighted by atomic mass is 16.3. The number of aliphatic hydroxyl groups is 1. The van der Waals surface area contributed by atoms with Gasteiger partial charge in [-0.3, -0.25) is 9.89 Å². The number of hydrogen-bond acceptors (Lipinski definition) is 3. The Kier molecular flexibility index (Phi) is 3.98. The minimum Gasteiger partial charge on any atom is -0.383 e. The molecule has 0 spiro atoms. The molecule has 5 nitrogen and oxygen atoms in total. The molecular weight excluding hydrogens is 278 g/mol. The molecule has 0 bridgehead atoms. The summed E-state index contributed by atoms with van der Waals surface area (Å²) in [6.07, 6.45) is 5.26. The van der Waals surface area contributed by atoms with E-state index in [9.17, 15) is 9.90 Å². The van der Waals surface area contributed by atoms with Gasteiger partial charge in [-0.25, -0.2) is 0 Å². The Bertz CT molecular complexity index is 654. The fraction of sp³-hybridized carbons (Fsp3) is 0.412. The fourth-order valence-corrected chi connectivity index (χ4v) is 3.15. The molecule has 1 aromatic carbocycles. The van der Waals surface area contributed by atoms with E-state index in [0.717, 1.165) is 16.7 Å². The number of likely N-dealkylation sites (tertiary alicyclic amines) is 1. The number of nitrogens with one attached hydrogen (secondary N) is 1. The zero-order valence-electron chi connectivity index (χ0n) is 12.7. The molecule has 2 heterocycles. The van der Waals surface area contributed by atoms with Gasteiger partial charge in [-0.1, -0.05) is 24.3 Å². The third kappa shape index (κ3) is 2.90. The lowest BCUT2D eigenvalue weighted by Gasteiger charge is -2.25. The number of benzene rings is 1. The largest absolute Gasteiger partial charge is 0.383 e. The second-order valence-electron chi connectivity index (χ2n) is 6.02. The SMILES string of the molecule is Cc1ccccc1C1(O)CCN(C(=O)CCc2cn[nH]c2)C1. The van der Waals surface area contributed by atoms with Crippen molar-refractivity contribution < 1.29 is 9.90 Å². The molecule has 1 aliphatic rings. The van der Waals surface area contributed by atoms with Crippen molar-refractivity contribution in [2.75, 3.05) is 13.1 Å². The first kappa shape index (κ1) is 14.8.